The molecule has 0 aliphatic carbocycles. The largest absolute Gasteiger partial charge is 0.492 e. The van der Waals surface area contributed by atoms with Gasteiger partial charge in [0, 0.05) is 24.1 Å². The predicted octanol–water partition coefficient (Wildman–Crippen LogP) is 5.58. The summed E-state index contributed by atoms with van der Waals surface area (Å²) in [6.45, 7) is 5.79. The number of benzene rings is 2. The number of hydrogen-bond donors (Lipinski definition) is 1. The SMILES string of the molecule is CCOC(O)CCc1ccc(OCCn2c(C)ccc2-c2cc3ccccc3o2)cc1. The zero-order valence-corrected chi connectivity index (χ0v) is 18.1. The van der Waals surface area contributed by atoms with E-state index in [-0.39, 0.29) is 0 Å². The van der Waals surface area contributed by atoms with E-state index in [9.17, 15) is 5.11 Å². The van der Waals surface area contributed by atoms with Crippen molar-refractivity contribution in [1.29, 1.82) is 0 Å². The normalized spacial score (nSPS) is 12.4. The quantitative estimate of drug-likeness (QED) is 0.341. The first-order chi connectivity index (χ1) is 15.1. The van der Waals surface area contributed by atoms with Gasteiger partial charge in [0.05, 0.1) is 12.2 Å². The molecule has 0 aliphatic heterocycles. The Hall–Kier alpha value is -3.02. The fraction of sp³-hybridized carbons (Fsp3) is 0.308. The zero-order valence-electron chi connectivity index (χ0n) is 18.1. The van der Waals surface area contributed by atoms with E-state index in [1.54, 1.807) is 0 Å². The Labute approximate surface area is 182 Å². The average Bonchev–Trinajstić information content (AvgIpc) is 3.37. The molecule has 4 rings (SSSR count). The van der Waals surface area contributed by atoms with Crippen LogP contribution in [0.2, 0.25) is 0 Å². The molecule has 5 heteroatoms. The second-order valence-electron chi connectivity index (χ2n) is 7.60. The summed E-state index contributed by atoms with van der Waals surface area (Å²) in [5, 5.41) is 10.8. The molecule has 0 radical (unpaired) electrons. The maximum absolute atomic E-state index is 9.68. The van der Waals surface area contributed by atoms with E-state index in [4.69, 9.17) is 13.9 Å². The van der Waals surface area contributed by atoms with E-state index >= 15 is 0 Å². The summed E-state index contributed by atoms with van der Waals surface area (Å²) in [7, 11) is 0. The smallest absolute Gasteiger partial charge is 0.154 e. The second-order valence-corrected chi connectivity index (χ2v) is 7.60. The van der Waals surface area contributed by atoms with Crippen molar-refractivity contribution in [3.8, 4) is 17.2 Å². The van der Waals surface area contributed by atoms with Crippen molar-refractivity contribution < 1.29 is 19.0 Å². The molecule has 0 amide bonds. The molecule has 0 fully saturated rings. The van der Waals surface area contributed by atoms with E-state index in [0.717, 1.165) is 46.7 Å². The van der Waals surface area contributed by atoms with Crippen LogP contribution in [0.1, 0.15) is 24.6 Å². The summed E-state index contributed by atoms with van der Waals surface area (Å²) in [6, 6.07) is 22.4. The van der Waals surface area contributed by atoms with Gasteiger partial charge in [-0.1, -0.05) is 30.3 Å². The van der Waals surface area contributed by atoms with Crippen molar-refractivity contribution >= 4 is 11.0 Å². The Balaban J connectivity index is 1.35. The van der Waals surface area contributed by atoms with Gasteiger partial charge in [0.15, 0.2) is 12.1 Å². The van der Waals surface area contributed by atoms with Crippen LogP contribution in [0, 0.1) is 6.92 Å². The van der Waals surface area contributed by atoms with Gasteiger partial charge < -0.3 is 23.6 Å². The molecule has 0 bridgehead atoms. The minimum Gasteiger partial charge on any atom is -0.492 e. The van der Waals surface area contributed by atoms with Crippen LogP contribution in [-0.4, -0.2) is 29.2 Å². The number of aliphatic hydroxyl groups is 1. The highest BCUT2D eigenvalue weighted by Gasteiger charge is 2.12. The number of aryl methyl sites for hydroxylation is 2. The van der Waals surface area contributed by atoms with Gasteiger partial charge in [-0.15, -0.1) is 0 Å². The van der Waals surface area contributed by atoms with E-state index in [0.29, 0.717) is 19.6 Å². The van der Waals surface area contributed by atoms with Crippen molar-refractivity contribution in [2.24, 2.45) is 0 Å². The van der Waals surface area contributed by atoms with E-state index < -0.39 is 6.29 Å². The molecule has 0 spiro atoms. The maximum Gasteiger partial charge on any atom is 0.154 e. The number of aliphatic hydroxyl groups excluding tert-OH is 1. The summed E-state index contributed by atoms with van der Waals surface area (Å²) < 4.78 is 19.4. The summed E-state index contributed by atoms with van der Waals surface area (Å²) in [4.78, 5) is 0. The van der Waals surface area contributed by atoms with Crippen LogP contribution < -0.4 is 4.74 Å². The van der Waals surface area contributed by atoms with Crippen LogP contribution in [0.3, 0.4) is 0 Å². The first-order valence-corrected chi connectivity index (χ1v) is 10.8. The number of aromatic nitrogens is 1. The predicted molar refractivity (Wildman–Crippen MR) is 122 cm³/mol. The molecule has 2 heterocycles. The van der Waals surface area contributed by atoms with Gasteiger partial charge in [-0.25, -0.2) is 0 Å². The Kier molecular flexibility index (Phi) is 6.75. The molecule has 0 aliphatic rings. The number of fused-ring (bicyclic) bond motifs is 1. The highest BCUT2D eigenvalue weighted by Crippen LogP contribution is 2.29. The number of hydrogen-bond acceptors (Lipinski definition) is 4. The van der Waals surface area contributed by atoms with Crippen LogP contribution >= 0.6 is 0 Å². The van der Waals surface area contributed by atoms with Gasteiger partial charge in [-0.05, 0) is 62.2 Å². The Morgan fingerprint density at radius 1 is 1.03 bits per heavy atom. The van der Waals surface area contributed by atoms with Crippen molar-refractivity contribution in [3.05, 3.63) is 78.0 Å². The summed E-state index contributed by atoms with van der Waals surface area (Å²) in [6.07, 6.45) is 0.655. The fourth-order valence-corrected chi connectivity index (χ4v) is 3.76. The number of ether oxygens (including phenoxy) is 2. The van der Waals surface area contributed by atoms with Crippen LogP contribution in [0.15, 0.2) is 71.1 Å². The molecule has 2 aromatic heterocycles. The van der Waals surface area contributed by atoms with Gasteiger partial charge in [-0.3, -0.25) is 0 Å². The molecule has 5 nitrogen and oxygen atoms in total. The molecular formula is C26H29NO4. The van der Waals surface area contributed by atoms with Crippen LogP contribution in [0.4, 0.5) is 0 Å². The number of nitrogens with zero attached hydrogens (tertiary/aromatic N) is 1. The van der Waals surface area contributed by atoms with Crippen LogP contribution in [0.25, 0.3) is 22.4 Å². The number of para-hydroxylation sites is 1. The summed E-state index contributed by atoms with van der Waals surface area (Å²) in [5.41, 5.74) is 4.27. The third-order valence-electron chi connectivity index (χ3n) is 5.42. The van der Waals surface area contributed by atoms with Crippen molar-refractivity contribution in [2.75, 3.05) is 13.2 Å². The fourth-order valence-electron chi connectivity index (χ4n) is 3.76. The molecular weight excluding hydrogens is 390 g/mol. The van der Waals surface area contributed by atoms with Crippen molar-refractivity contribution in [1.82, 2.24) is 4.57 Å². The third-order valence-corrected chi connectivity index (χ3v) is 5.42. The van der Waals surface area contributed by atoms with Gasteiger partial charge in [0.25, 0.3) is 0 Å². The van der Waals surface area contributed by atoms with Gasteiger partial charge in [-0.2, -0.15) is 0 Å². The molecule has 1 atom stereocenters. The molecule has 0 saturated heterocycles. The lowest BCUT2D eigenvalue weighted by atomic mass is 10.1. The van der Waals surface area contributed by atoms with Crippen LogP contribution in [-0.2, 0) is 17.7 Å². The topological polar surface area (TPSA) is 56.8 Å². The number of rotatable bonds is 10. The first kappa shape index (κ1) is 21.2. The Morgan fingerprint density at radius 2 is 1.84 bits per heavy atom. The molecule has 162 valence electrons. The molecule has 0 saturated carbocycles. The van der Waals surface area contributed by atoms with Gasteiger partial charge in [0.1, 0.15) is 17.9 Å². The Bertz CT molecular complexity index is 1080. The molecule has 2 aromatic carbocycles. The minimum atomic E-state index is -0.702. The zero-order chi connectivity index (χ0) is 21.6. The second kappa shape index (κ2) is 9.86. The average molecular weight is 420 g/mol. The van der Waals surface area contributed by atoms with Gasteiger partial charge in [0.2, 0.25) is 0 Å². The van der Waals surface area contributed by atoms with Crippen molar-refractivity contribution in [2.45, 2.75) is 39.5 Å². The van der Waals surface area contributed by atoms with Crippen molar-refractivity contribution in [3.63, 3.8) is 0 Å². The minimum absolute atomic E-state index is 0.521. The molecule has 31 heavy (non-hydrogen) atoms. The summed E-state index contributed by atoms with van der Waals surface area (Å²) in [5.74, 6) is 1.71. The maximum atomic E-state index is 9.68. The standard InChI is InChI=1S/C26H29NO4/c1-3-29-26(28)15-11-20-9-12-22(13-10-20)30-17-16-27-19(2)8-14-23(27)25-18-21-6-4-5-7-24(21)31-25/h4-10,12-14,18,26,28H,3,11,15-17H2,1-2H3. The van der Waals surface area contributed by atoms with E-state index in [1.165, 1.54) is 5.69 Å². The third kappa shape index (κ3) is 5.19. The lowest BCUT2D eigenvalue weighted by molar-refractivity contribution is -0.0980. The Morgan fingerprint density at radius 3 is 2.61 bits per heavy atom. The lowest BCUT2D eigenvalue weighted by Crippen LogP contribution is -2.12. The molecule has 1 N–H and O–H groups in total. The highest BCUT2D eigenvalue weighted by atomic mass is 16.6. The monoisotopic (exact) mass is 419 g/mol. The van der Waals surface area contributed by atoms with Crippen LogP contribution in [0.5, 0.6) is 5.75 Å². The summed E-state index contributed by atoms with van der Waals surface area (Å²) >= 11 is 0. The highest BCUT2D eigenvalue weighted by molar-refractivity contribution is 5.82. The lowest BCUT2D eigenvalue weighted by Gasteiger charge is -2.13. The number of furan rings is 1. The van der Waals surface area contributed by atoms with Gasteiger partial charge >= 0.3 is 0 Å². The molecule has 4 aromatic rings. The molecule has 1 unspecified atom stereocenters. The first-order valence-electron chi connectivity index (χ1n) is 10.8. The van der Waals surface area contributed by atoms with E-state index in [1.807, 2.05) is 49.4 Å². The van der Waals surface area contributed by atoms with E-state index in [2.05, 4.69) is 35.8 Å².